The lowest BCUT2D eigenvalue weighted by atomic mass is 11.4. The van der Waals surface area contributed by atoms with E-state index in [1.54, 1.807) is 0 Å². The highest BCUT2D eigenvalue weighted by Gasteiger charge is 1.10. The van der Waals surface area contributed by atoms with Crippen molar-refractivity contribution in [2.75, 3.05) is 0 Å². The van der Waals surface area contributed by atoms with Crippen LogP contribution >= 0.6 is 48.0 Å². The van der Waals surface area contributed by atoms with E-state index in [0.29, 0.717) is 0 Å². The Kier molecular flexibility index (Phi) is 444. The van der Waals surface area contributed by atoms with Gasteiger partial charge in [-0.15, -0.1) is 48.0 Å². The molecule has 0 heterocycles. The lowest BCUT2D eigenvalue weighted by Gasteiger charge is -1.38. The molecule has 4 nitrogen and oxygen atoms in total. The molecule has 0 atom stereocenters. The van der Waals surface area contributed by atoms with Crippen molar-refractivity contribution in [2.45, 2.75) is 0 Å². The molecular weight excluding hydrogens is 322 g/mol. The quantitative estimate of drug-likeness (QED) is 0.302. The molecule has 7 heavy (non-hydrogen) atoms. The molecule has 6 heteroatoms. The summed E-state index contributed by atoms with van der Waals surface area (Å²) in [5.74, 6) is 0. The molecule has 0 aromatic heterocycles. The molecule has 0 aliphatic carbocycles. The molecule has 0 rings (SSSR count). The predicted molar refractivity (Wildman–Crippen MR) is 53.8 cm³/mol. The summed E-state index contributed by atoms with van der Waals surface area (Å²) in [4.78, 5) is 0. The largest absolute Gasteiger partial charge is 0.390 e. The van der Waals surface area contributed by atoms with Crippen molar-refractivity contribution in [3.05, 3.63) is 0 Å². The fourth-order valence-corrected chi connectivity index (χ4v) is 0. The van der Waals surface area contributed by atoms with Gasteiger partial charge in [-0.05, 0) is 0 Å². The zero-order chi connectivity index (χ0) is 2.71. The zero-order valence-electron chi connectivity index (χ0n) is 3.89. The molecule has 0 saturated heterocycles. The minimum Gasteiger partial charge on any atom is -0.390 e. The first kappa shape index (κ1) is 45.3. The van der Waals surface area contributed by atoms with Gasteiger partial charge in [0.25, 0.3) is 0 Å². The highest BCUT2D eigenvalue weighted by Crippen LogP contribution is 0.887. The molecule has 9 N–H and O–H groups in total. The third-order valence-electron chi connectivity index (χ3n) is 0. The smallest absolute Gasteiger partial charge is 0.0765 e. The van der Waals surface area contributed by atoms with Crippen LogP contribution in [0.4, 0.5) is 0 Å². The van der Waals surface area contributed by atoms with Crippen molar-refractivity contribution < 1.29 is 0 Å². The Labute approximate surface area is 77.3 Å². The van der Waals surface area contributed by atoms with Crippen LogP contribution in [0.15, 0.2) is 0 Å². The van der Waals surface area contributed by atoms with E-state index < -0.39 is 0 Å². The number of rotatable bonds is 0. The van der Waals surface area contributed by atoms with E-state index in [9.17, 15) is 0 Å². The fraction of sp³-hybridized carbons (Fsp3) is 0. The molecule has 50 valence electrons. The van der Waals surface area contributed by atoms with Gasteiger partial charge < -0.3 is 18.0 Å². The summed E-state index contributed by atoms with van der Waals surface area (Å²) in [7, 11) is 0. The van der Waals surface area contributed by atoms with Crippen LogP contribution in [0.5, 0.6) is 0 Å². The molecule has 0 unspecified atom stereocenters. The van der Waals surface area contributed by atoms with E-state index in [4.69, 9.17) is 5.41 Å². The Hall–Kier alpha value is 0.850. The van der Waals surface area contributed by atoms with Gasteiger partial charge in [0, 0.05) is 0 Å². The Bertz CT molecular complexity index is 17.2. The first-order valence-corrected chi connectivity index (χ1v) is 0.622. The molecule has 0 aliphatic rings. The average Bonchev–Trinajstić information content (AvgIpc) is 0.918. The average molecular weight is 334 g/mol. The molecule has 0 aromatic carbocycles. The maximum atomic E-state index is 5.86. The molecular formula is CH12I2N4. The van der Waals surface area contributed by atoms with Crippen molar-refractivity contribution >= 4 is 54.3 Å². The maximum absolute atomic E-state index is 5.86. The van der Waals surface area contributed by atoms with Crippen molar-refractivity contribution in [1.82, 2.24) is 12.3 Å². The normalized spacial score (nSPS) is 1.71. The molecule has 0 spiro atoms. The van der Waals surface area contributed by atoms with E-state index >= 15 is 0 Å². The minimum absolute atomic E-state index is 0. The van der Waals surface area contributed by atoms with E-state index in [0.717, 1.165) is 6.34 Å². The van der Waals surface area contributed by atoms with Gasteiger partial charge in [-0.25, -0.2) is 0 Å². The van der Waals surface area contributed by atoms with Crippen molar-refractivity contribution in [3.8, 4) is 0 Å². The molecule has 0 radical (unpaired) electrons. The van der Waals surface area contributed by atoms with Gasteiger partial charge in [0.15, 0.2) is 0 Å². The molecule has 0 fully saturated rings. The highest BCUT2D eigenvalue weighted by atomic mass is 127. The fourth-order valence-electron chi connectivity index (χ4n) is 0. The van der Waals surface area contributed by atoms with Crippen LogP contribution in [-0.4, -0.2) is 6.34 Å². The predicted octanol–water partition coefficient (Wildman–Crippen LogP) is 1.11. The Morgan fingerprint density at radius 3 is 1.14 bits per heavy atom. The van der Waals surface area contributed by atoms with Gasteiger partial charge in [0.05, 0.1) is 6.34 Å². The van der Waals surface area contributed by atoms with Crippen LogP contribution in [-0.2, 0) is 0 Å². The molecule has 0 saturated carbocycles. The summed E-state index contributed by atoms with van der Waals surface area (Å²) < 4.78 is 0. The number of hydrogen-bond acceptors (Lipinski definition) is 3. The van der Waals surface area contributed by atoms with E-state index in [-0.39, 0.29) is 60.3 Å². The third-order valence-corrected chi connectivity index (χ3v) is 0. The summed E-state index contributed by atoms with van der Waals surface area (Å²) >= 11 is 0. The van der Waals surface area contributed by atoms with Crippen LogP contribution in [0.25, 0.3) is 0 Å². The first-order chi connectivity index (χ1) is 1.41. The van der Waals surface area contributed by atoms with Gasteiger partial charge in [0.1, 0.15) is 0 Å². The molecule has 0 amide bonds. The van der Waals surface area contributed by atoms with Crippen molar-refractivity contribution in [1.29, 1.82) is 5.41 Å². The molecule has 0 aliphatic heterocycles. The topological polar surface area (TPSA) is 120 Å². The summed E-state index contributed by atoms with van der Waals surface area (Å²) in [6.45, 7) is 0. The second-order valence-corrected chi connectivity index (χ2v) is 0.167. The third kappa shape index (κ3) is 223. The summed E-state index contributed by atoms with van der Waals surface area (Å²) in [5, 5.41) is 5.86. The summed E-state index contributed by atoms with van der Waals surface area (Å²) in [6, 6.07) is 0. The monoisotopic (exact) mass is 334 g/mol. The van der Waals surface area contributed by atoms with E-state index in [2.05, 4.69) is 5.73 Å². The highest BCUT2D eigenvalue weighted by molar-refractivity contribution is 14.0. The van der Waals surface area contributed by atoms with Crippen LogP contribution < -0.4 is 18.0 Å². The van der Waals surface area contributed by atoms with Crippen LogP contribution in [0.3, 0.4) is 0 Å². The van der Waals surface area contributed by atoms with Crippen molar-refractivity contribution in [2.24, 2.45) is 5.73 Å². The number of hydrogen-bond donors (Lipinski definition) is 4. The lowest BCUT2D eigenvalue weighted by Crippen LogP contribution is -1.81. The van der Waals surface area contributed by atoms with Gasteiger partial charge in [-0.1, -0.05) is 0 Å². The molecule has 0 bridgehead atoms. The number of nitrogens with one attached hydrogen (secondary N) is 1. The standard InChI is InChI=1S/CH4N2.2HI.2H3N/c2-1-3;;;;/h1H,(H3,2,3);2*1H;2*1H3. The Morgan fingerprint density at radius 2 is 1.14 bits per heavy atom. The zero-order valence-corrected chi connectivity index (χ0v) is 8.55. The first-order valence-electron chi connectivity index (χ1n) is 0.622. The second kappa shape index (κ2) is 68.5. The van der Waals surface area contributed by atoms with Gasteiger partial charge in [-0.2, -0.15) is 0 Å². The summed E-state index contributed by atoms with van der Waals surface area (Å²) in [5.41, 5.74) is 4.39. The van der Waals surface area contributed by atoms with Crippen LogP contribution in [0.1, 0.15) is 0 Å². The summed E-state index contributed by atoms with van der Waals surface area (Å²) in [6.07, 6.45) is 0.750. The van der Waals surface area contributed by atoms with E-state index in [1.807, 2.05) is 0 Å². The SMILES string of the molecule is I.I.N.N.N=CN. The van der Waals surface area contributed by atoms with Gasteiger partial charge in [0.2, 0.25) is 0 Å². The van der Waals surface area contributed by atoms with E-state index in [1.165, 1.54) is 0 Å². The van der Waals surface area contributed by atoms with Gasteiger partial charge >= 0.3 is 0 Å². The second-order valence-electron chi connectivity index (χ2n) is 0.167. The van der Waals surface area contributed by atoms with Gasteiger partial charge in [-0.3, -0.25) is 5.41 Å². The van der Waals surface area contributed by atoms with Crippen LogP contribution in [0.2, 0.25) is 0 Å². The Morgan fingerprint density at radius 1 is 1.14 bits per heavy atom. The van der Waals surface area contributed by atoms with Crippen molar-refractivity contribution in [3.63, 3.8) is 0 Å². The lowest BCUT2D eigenvalue weighted by molar-refractivity contribution is 1.52. The maximum Gasteiger partial charge on any atom is 0.0765 e. The molecule has 0 aromatic rings. The minimum atomic E-state index is 0. The van der Waals surface area contributed by atoms with Crippen LogP contribution in [0, 0.1) is 5.41 Å². The number of nitrogens with two attached hydrogens (primary N) is 1. The Balaban J connectivity index is -0.00000000333. The number of halogens is 2.